The third-order valence-corrected chi connectivity index (χ3v) is 4.67. The fourth-order valence-corrected chi connectivity index (χ4v) is 3.11. The quantitative estimate of drug-likeness (QED) is 0.784. The van der Waals surface area contributed by atoms with Crippen LogP contribution < -0.4 is 10.6 Å². The molecular formula is C19H30N2O2. The van der Waals surface area contributed by atoms with Crippen LogP contribution in [0.15, 0.2) is 24.3 Å². The van der Waals surface area contributed by atoms with Gasteiger partial charge in [-0.25, -0.2) is 4.79 Å². The lowest BCUT2D eigenvalue weighted by molar-refractivity contribution is 0.0863. The predicted molar refractivity (Wildman–Crippen MR) is 94.7 cm³/mol. The lowest BCUT2D eigenvalue weighted by Crippen LogP contribution is -2.39. The highest BCUT2D eigenvalue weighted by Gasteiger charge is 2.22. The second-order valence-corrected chi connectivity index (χ2v) is 7.63. The van der Waals surface area contributed by atoms with E-state index in [1.807, 2.05) is 24.3 Å². The van der Waals surface area contributed by atoms with Gasteiger partial charge in [-0.3, -0.25) is 0 Å². The minimum absolute atomic E-state index is 0.102. The Morgan fingerprint density at radius 1 is 1.17 bits per heavy atom. The Morgan fingerprint density at radius 3 is 2.35 bits per heavy atom. The molecule has 2 amide bonds. The fraction of sp³-hybridized carbons (Fsp3) is 0.632. The number of aliphatic hydroxyl groups is 1. The maximum Gasteiger partial charge on any atom is 0.319 e. The van der Waals surface area contributed by atoms with Crippen LogP contribution in [0.3, 0.4) is 0 Å². The maximum atomic E-state index is 11.9. The van der Waals surface area contributed by atoms with Gasteiger partial charge in [-0.05, 0) is 41.9 Å². The Kier molecular flexibility index (Phi) is 6.05. The van der Waals surface area contributed by atoms with Crippen molar-refractivity contribution in [1.29, 1.82) is 0 Å². The van der Waals surface area contributed by atoms with E-state index < -0.39 is 6.10 Å². The zero-order valence-electron chi connectivity index (χ0n) is 14.6. The number of urea groups is 1. The summed E-state index contributed by atoms with van der Waals surface area (Å²) in [6.07, 6.45) is 5.34. The number of rotatable bonds is 4. The molecular weight excluding hydrogens is 288 g/mol. The number of benzene rings is 1. The summed E-state index contributed by atoms with van der Waals surface area (Å²) >= 11 is 0. The Hall–Kier alpha value is -1.55. The van der Waals surface area contributed by atoms with Crippen LogP contribution in [0.2, 0.25) is 0 Å². The Morgan fingerprint density at radius 2 is 1.78 bits per heavy atom. The molecule has 4 heteroatoms. The van der Waals surface area contributed by atoms with Gasteiger partial charge in [0.25, 0.3) is 0 Å². The number of anilines is 1. The summed E-state index contributed by atoms with van der Waals surface area (Å²) in [4.78, 5) is 11.9. The van der Waals surface area contributed by atoms with Gasteiger partial charge in [-0.15, -0.1) is 0 Å². The maximum absolute atomic E-state index is 11.9. The van der Waals surface area contributed by atoms with Crippen molar-refractivity contribution in [2.75, 3.05) is 11.9 Å². The highest BCUT2D eigenvalue weighted by Crippen LogP contribution is 2.26. The van der Waals surface area contributed by atoms with E-state index in [0.717, 1.165) is 18.5 Å². The van der Waals surface area contributed by atoms with Crippen LogP contribution in [0.5, 0.6) is 0 Å². The highest BCUT2D eigenvalue weighted by molar-refractivity contribution is 5.89. The van der Waals surface area contributed by atoms with Gasteiger partial charge >= 0.3 is 6.03 Å². The molecule has 4 nitrogen and oxygen atoms in total. The van der Waals surface area contributed by atoms with Gasteiger partial charge in [-0.2, -0.15) is 0 Å². The second kappa shape index (κ2) is 7.82. The zero-order chi connectivity index (χ0) is 16.9. The summed E-state index contributed by atoms with van der Waals surface area (Å²) in [6.45, 7) is 6.80. The Balaban J connectivity index is 1.78. The van der Waals surface area contributed by atoms with Crippen LogP contribution in [-0.2, 0) is 5.41 Å². The lowest BCUT2D eigenvalue weighted by Gasteiger charge is -2.26. The van der Waals surface area contributed by atoms with E-state index in [1.165, 1.54) is 24.8 Å². The molecule has 2 rings (SSSR count). The number of hydrogen-bond donors (Lipinski definition) is 3. The first kappa shape index (κ1) is 17.8. The summed E-state index contributed by atoms with van der Waals surface area (Å²) in [5.41, 5.74) is 2.10. The molecule has 0 aromatic heterocycles. The van der Waals surface area contributed by atoms with E-state index in [9.17, 15) is 9.90 Å². The number of carbonyl (C=O) groups is 1. The molecule has 1 atom stereocenters. The van der Waals surface area contributed by atoms with E-state index in [1.54, 1.807) is 0 Å². The molecule has 23 heavy (non-hydrogen) atoms. The van der Waals surface area contributed by atoms with Gasteiger partial charge in [0.2, 0.25) is 0 Å². The summed E-state index contributed by atoms with van der Waals surface area (Å²) in [6, 6.07) is 7.64. The number of nitrogens with one attached hydrogen (secondary N) is 2. The van der Waals surface area contributed by atoms with Gasteiger partial charge in [0, 0.05) is 12.2 Å². The molecule has 0 aliphatic heterocycles. The minimum atomic E-state index is -0.440. The normalized spacial score (nSPS) is 17.6. The first-order chi connectivity index (χ1) is 10.9. The molecule has 0 unspecified atom stereocenters. The molecule has 1 saturated carbocycles. The van der Waals surface area contributed by atoms with Crippen molar-refractivity contribution in [2.24, 2.45) is 5.92 Å². The molecule has 0 bridgehead atoms. The SMILES string of the molecule is CC(C)(C)c1ccc(NC(=O)NC[C@@H](O)C2CCCCC2)cc1. The van der Waals surface area contributed by atoms with Gasteiger partial charge in [0.05, 0.1) is 6.10 Å². The molecule has 3 N–H and O–H groups in total. The van der Waals surface area contributed by atoms with Gasteiger partial charge in [0.15, 0.2) is 0 Å². The standard InChI is InChI=1S/C19H30N2O2/c1-19(2,3)15-9-11-16(12-10-15)21-18(23)20-13-17(22)14-7-5-4-6-8-14/h9-12,14,17,22H,4-8,13H2,1-3H3,(H2,20,21,23)/t17-/m1/s1. The molecule has 0 spiro atoms. The molecule has 0 radical (unpaired) electrons. The third-order valence-electron chi connectivity index (χ3n) is 4.67. The van der Waals surface area contributed by atoms with E-state index in [-0.39, 0.29) is 11.4 Å². The first-order valence-electron chi connectivity index (χ1n) is 8.70. The monoisotopic (exact) mass is 318 g/mol. The summed E-state index contributed by atoms with van der Waals surface area (Å²) in [7, 11) is 0. The minimum Gasteiger partial charge on any atom is -0.391 e. The number of aliphatic hydroxyl groups excluding tert-OH is 1. The van der Waals surface area contributed by atoms with Crippen molar-refractivity contribution in [2.45, 2.75) is 64.4 Å². The third kappa shape index (κ3) is 5.54. The topological polar surface area (TPSA) is 61.4 Å². The van der Waals surface area contributed by atoms with E-state index in [2.05, 4.69) is 31.4 Å². The second-order valence-electron chi connectivity index (χ2n) is 7.63. The van der Waals surface area contributed by atoms with Crippen LogP contribution in [-0.4, -0.2) is 23.8 Å². The fourth-order valence-electron chi connectivity index (χ4n) is 3.11. The summed E-state index contributed by atoms with van der Waals surface area (Å²) in [5.74, 6) is 0.329. The Labute approximate surface area is 139 Å². The highest BCUT2D eigenvalue weighted by atomic mass is 16.3. The number of amides is 2. The average molecular weight is 318 g/mol. The first-order valence-corrected chi connectivity index (χ1v) is 8.70. The summed E-state index contributed by atoms with van der Waals surface area (Å²) < 4.78 is 0. The van der Waals surface area contributed by atoms with Gasteiger partial charge in [-0.1, -0.05) is 52.2 Å². The van der Waals surface area contributed by atoms with Crippen molar-refractivity contribution < 1.29 is 9.90 Å². The van der Waals surface area contributed by atoms with Crippen molar-refractivity contribution in [1.82, 2.24) is 5.32 Å². The number of hydrogen-bond acceptors (Lipinski definition) is 2. The smallest absolute Gasteiger partial charge is 0.319 e. The molecule has 0 heterocycles. The van der Waals surface area contributed by atoms with Crippen molar-refractivity contribution >= 4 is 11.7 Å². The molecule has 1 aromatic rings. The molecule has 128 valence electrons. The molecule has 0 saturated heterocycles. The lowest BCUT2D eigenvalue weighted by atomic mass is 9.85. The molecule has 1 fully saturated rings. The molecule has 1 aliphatic carbocycles. The number of carbonyl (C=O) groups excluding carboxylic acids is 1. The van der Waals surface area contributed by atoms with E-state index in [4.69, 9.17) is 0 Å². The zero-order valence-corrected chi connectivity index (χ0v) is 14.6. The van der Waals surface area contributed by atoms with Crippen molar-refractivity contribution in [3.05, 3.63) is 29.8 Å². The van der Waals surface area contributed by atoms with E-state index >= 15 is 0 Å². The Bertz CT molecular complexity index is 499. The predicted octanol–water partition coefficient (Wildman–Crippen LogP) is 4.05. The van der Waals surface area contributed by atoms with Crippen LogP contribution in [0.4, 0.5) is 10.5 Å². The molecule has 1 aromatic carbocycles. The average Bonchev–Trinajstić information content (AvgIpc) is 2.53. The molecule has 1 aliphatic rings. The van der Waals surface area contributed by atoms with Gasteiger partial charge in [0.1, 0.15) is 0 Å². The van der Waals surface area contributed by atoms with Crippen LogP contribution in [0.1, 0.15) is 58.4 Å². The van der Waals surface area contributed by atoms with Crippen LogP contribution >= 0.6 is 0 Å². The largest absolute Gasteiger partial charge is 0.391 e. The van der Waals surface area contributed by atoms with Crippen molar-refractivity contribution in [3.63, 3.8) is 0 Å². The van der Waals surface area contributed by atoms with E-state index in [0.29, 0.717) is 12.5 Å². The van der Waals surface area contributed by atoms with Gasteiger partial charge < -0.3 is 15.7 Å². The van der Waals surface area contributed by atoms with Crippen molar-refractivity contribution in [3.8, 4) is 0 Å². The van der Waals surface area contributed by atoms with Crippen LogP contribution in [0, 0.1) is 5.92 Å². The van der Waals surface area contributed by atoms with Crippen LogP contribution in [0.25, 0.3) is 0 Å². The summed E-state index contributed by atoms with van der Waals surface area (Å²) in [5, 5.41) is 15.8.